The second kappa shape index (κ2) is 6.62. The van der Waals surface area contributed by atoms with Gasteiger partial charge in [-0.1, -0.05) is 26.7 Å². The summed E-state index contributed by atoms with van der Waals surface area (Å²) in [5.41, 5.74) is 0. The van der Waals surface area contributed by atoms with E-state index in [9.17, 15) is 13.2 Å². The maximum atomic E-state index is 13.0. The van der Waals surface area contributed by atoms with E-state index in [1.165, 1.54) is 0 Å². The highest BCUT2D eigenvalue weighted by Crippen LogP contribution is 2.43. The molecule has 3 unspecified atom stereocenters. The van der Waals surface area contributed by atoms with Crippen LogP contribution in [0.2, 0.25) is 0 Å². The average Bonchev–Trinajstić information content (AvgIpc) is 2.29. The van der Waals surface area contributed by atoms with Crippen molar-refractivity contribution in [3.05, 3.63) is 0 Å². The van der Waals surface area contributed by atoms with Crippen molar-refractivity contribution < 1.29 is 13.2 Å². The first-order valence-electron chi connectivity index (χ1n) is 6.80. The summed E-state index contributed by atoms with van der Waals surface area (Å²) in [7, 11) is 0. The van der Waals surface area contributed by atoms with Crippen LogP contribution < -0.4 is 5.32 Å². The number of rotatable bonds is 5. The molecule has 17 heavy (non-hydrogen) atoms. The van der Waals surface area contributed by atoms with Gasteiger partial charge in [-0.05, 0) is 38.1 Å². The van der Waals surface area contributed by atoms with Crippen LogP contribution in [-0.4, -0.2) is 18.8 Å². The highest BCUT2D eigenvalue weighted by molar-refractivity contribution is 4.87. The summed E-state index contributed by atoms with van der Waals surface area (Å²) in [5.74, 6) is -1.31. The Hall–Kier alpha value is -0.250. The van der Waals surface area contributed by atoms with Crippen molar-refractivity contribution in [2.75, 3.05) is 6.54 Å². The van der Waals surface area contributed by atoms with E-state index in [1.54, 1.807) is 0 Å². The van der Waals surface area contributed by atoms with Crippen LogP contribution in [0.4, 0.5) is 13.2 Å². The molecule has 1 rings (SSSR count). The lowest BCUT2D eigenvalue weighted by Crippen LogP contribution is -2.45. The van der Waals surface area contributed by atoms with Crippen LogP contribution >= 0.6 is 0 Å². The van der Waals surface area contributed by atoms with Crippen molar-refractivity contribution in [2.24, 2.45) is 11.8 Å². The molecular formula is C13H24F3N. The van der Waals surface area contributed by atoms with Crippen molar-refractivity contribution in [1.82, 2.24) is 5.32 Å². The van der Waals surface area contributed by atoms with Crippen LogP contribution in [-0.2, 0) is 0 Å². The Bertz CT molecular complexity index is 215. The van der Waals surface area contributed by atoms with Gasteiger partial charge in [0, 0.05) is 6.04 Å². The zero-order valence-electron chi connectivity index (χ0n) is 10.8. The van der Waals surface area contributed by atoms with E-state index in [-0.39, 0.29) is 12.0 Å². The molecule has 0 aromatic rings. The molecule has 0 heterocycles. The molecule has 1 aliphatic rings. The Morgan fingerprint density at radius 1 is 1.18 bits per heavy atom. The first kappa shape index (κ1) is 14.8. The normalized spacial score (nSPS) is 28.1. The average molecular weight is 251 g/mol. The molecule has 3 atom stereocenters. The molecule has 1 aliphatic carbocycles. The highest BCUT2D eigenvalue weighted by atomic mass is 19.4. The van der Waals surface area contributed by atoms with E-state index < -0.39 is 12.1 Å². The summed E-state index contributed by atoms with van der Waals surface area (Å²) in [6.45, 7) is 4.84. The van der Waals surface area contributed by atoms with Gasteiger partial charge in [0.2, 0.25) is 0 Å². The lowest BCUT2D eigenvalue weighted by Gasteiger charge is -2.38. The maximum Gasteiger partial charge on any atom is 0.392 e. The molecule has 1 saturated carbocycles. The predicted octanol–water partition coefficient (Wildman–Crippen LogP) is 4.13. The number of hydrogen-bond acceptors (Lipinski definition) is 1. The third kappa shape index (κ3) is 4.16. The van der Waals surface area contributed by atoms with Gasteiger partial charge in [0.1, 0.15) is 0 Å². The van der Waals surface area contributed by atoms with E-state index >= 15 is 0 Å². The van der Waals surface area contributed by atoms with Gasteiger partial charge in [0.05, 0.1) is 5.92 Å². The lowest BCUT2D eigenvalue weighted by molar-refractivity contribution is -0.199. The summed E-state index contributed by atoms with van der Waals surface area (Å²) in [4.78, 5) is 0. The molecule has 102 valence electrons. The third-order valence-electron chi connectivity index (χ3n) is 3.85. The molecule has 0 amide bonds. The van der Waals surface area contributed by atoms with Crippen molar-refractivity contribution in [2.45, 2.75) is 64.6 Å². The summed E-state index contributed by atoms with van der Waals surface area (Å²) in [6.07, 6.45) is 0.452. The van der Waals surface area contributed by atoms with Crippen LogP contribution in [0, 0.1) is 11.8 Å². The van der Waals surface area contributed by atoms with Crippen molar-refractivity contribution in [3.8, 4) is 0 Å². The molecule has 0 bridgehead atoms. The molecule has 0 spiro atoms. The van der Waals surface area contributed by atoms with Crippen molar-refractivity contribution in [1.29, 1.82) is 0 Å². The van der Waals surface area contributed by atoms with Gasteiger partial charge < -0.3 is 5.32 Å². The summed E-state index contributed by atoms with van der Waals surface area (Å²) in [5, 5.41) is 3.29. The Kier molecular flexibility index (Phi) is 5.77. The zero-order valence-corrected chi connectivity index (χ0v) is 10.8. The first-order chi connectivity index (χ1) is 8.00. The molecule has 4 heteroatoms. The first-order valence-corrected chi connectivity index (χ1v) is 6.80. The topological polar surface area (TPSA) is 12.0 Å². The Morgan fingerprint density at radius 2 is 1.82 bits per heavy atom. The Balaban J connectivity index is 2.68. The van der Waals surface area contributed by atoms with Gasteiger partial charge in [-0.2, -0.15) is 13.2 Å². The Labute approximate surface area is 102 Å². The van der Waals surface area contributed by atoms with Crippen LogP contribution in [0.25, 0.3) is 0 Å². The largest absolute Gasteiger partial charge is 0.392 e. The van der Waals surface area contributed by atoms with Crippen LogP contribution in [0.15, 0.2) is 0 Å². The molecule has 1 fully saturated rings. The molecule has 0 aromatic heterocycles. The van der Waals surface area contributed by atoms with Crippen molar-refractivity contribution in [3.63, 3.8) is 0 Å². The molecular weight excluding hydrogens is 227 g/mol. The van der Waals surface area contributed by atoms with Gasteiger partial charge in [-0.15, -0.1) is 0 Å². The van der Waals surface area contributed by atoms with E-state index in [4.69, 9.17) is 0 Å². The maximum absolute atomic E-state index is 13.0. The standard InChI is InChI=1S/C13H24F3N/c1-3-9-17-12(4-2)10-7-5-6-8-11(10)13(14,15)16/h10-12,17H,3-9H2,1-2H3. The zero-order chi connectivity index (χ0) is 12.9. The van der Waals surface area contributed by atoms with Gasteiger partial charge in [0.15, 0.2) is 0 Å². The van der Waals surface area contributed by atoms with Crippen LogP contribution in [0.3, 0.4) is 0 Å². The van der Waals surface area contributed by atoms with E-state index in [2.05, 4.69) is 5.32 Å². The van der Waals surface area contributed by atoms with E-state index in [0.717, 1.165) is 38.6 Å². The van der Waals surface area contributed by atoms with Gasteiger partial charge in [-0.25, -0.2) is 0 Å². The van der Waals surface area contributed by atoms with Crippen LogP contribution in [0.5, 0.6) is 0 Å². The second-order valence-corrected chi connectivity index (χ2v) is 5.07. The fourth-order valence-electron chi connectivity index (χ4n) is 2.98. The fourth-order valence-corrected chi connectivity index (χ4v) is 2.98. The molecule has 0 saturated heterocycles. The number of hydrogen-bond donors (Lipinski definition) is 1. The molecule has 0 aliphatic heterocycles. The molecule has 1 N–H and O–H groups in total. The minimum absolute atomic E-state index is 0.0295. The van der Waals surface area contributed by atoms with Gasteiger partial charge in [0.25, 0.3) is 0 Å². The highest BCUT2D eigenvalue weighted by Gasteiger charge is 2.47. The van der Waals surface area contributed by atoms with E-state index in [0.29, 0.717) is 6.42 Å². The summed E-state index contributed by atoms with van der Waals surface area (Å²) >= 11 is 0. The van der Waals surface area contributed by atoms with Crippen LogP contribution in [0.1, 0.15) is 52.4 Å². The van der Waals surface area contributed by atoms with E-state index in [1.807, 2.05) is 13.8 Å². The Morgan fingerprint density at radius 3 is 2.35 bits per heavy atom. The van der Waals surface area contributed by atoms with Crippen molar-refractivity contribution >= 4 is 0 Å². The molecule has 0 radical (unpaired) electrons. The third-order valence-corrected chi connectivity index (χ3v) is 3.85. The summed E-state index contributed by atoms with van der Waals surface area (Å²) in [6, 6.07) is 0.0295. The quantitative estimate of drug-likeness (QED) is 0.774. The SMILES string of the molecule is CCCNC(CC)C1CCCCC1C(F)(F)F. The van der Waals surface area contributed by atoms with Gasteiger partial charge >= 0.3 is 6.18 Å². The lowest BCUT2D eigenvalue weighted by atomic mass is 9.74. The summed E-state index contributed by atoms with van der Waals surface area (Å²) < 4.78 is 38.9. The minimum Gasteiger partial charge on any atom is -0.314 e. The number of alkyl halides is 3. The van der Waals surface area contributed by atoms with Gasteiger partial charge in [-0.3, -0.25) is 0 Å². The monoisotopic (exact) mass is 251 g/mol. The number of nitrogens with one attached hydrogen (secondary N) is 1. The predicted molar refractivity (Wildman–Crippen MR) is 63.9 cm³/mol. The molecule has 1 nitrogen and oxygen atoms in total. The second-order valence-electron chi connectivity index (χ2n) is 5.07. The minimum atomic E-state index is -4.02. The number of halogens is 3. The fraction of sp³-hybridized carbons (Fsp3) is 1.00. The molecule has 0 aromatic carbocycles. The smallest absolute Gasteiger partial charge is 0.314 e.